The minimum atomic E-state index is 0.235. The Morgan fingerprint density at radius 1 is 0.380 bits per heavy atom. The fourth-order valence-electron chi connectivity index (χ4n) is 7.65. The molecule has 0 aliphatic heterocycles. The molecular formula is C46H30N4. The molecule has 0 radical (unpaired) electrons. The number of hydrogen-bond donors (Lipinski definition) is 0. The van der Waals surface area contributed by atoms with E-state index in [0.717, 1.165) is 32.9 Å². The molecule has 0 amide bonds. The maximum absolute atomic E-state index is 5.09. The summed E-state index contributed by atoms with van der Waals surface area (Å²) in [5.41, 5.74) is 13.0. The molecule has 1 aliphatic carbocycles. The van der Waals surface area contributed by atoms with Crippen molar-refractivity contribution < 1.29 is 0 Å². The Labute approximate surface area is 290 Å². The van der Waals surface area contributed by atoms with Crippen molar-refractivity contribution in [3.63, 3.8) is 0 Å². The van der Waals surface area contributed by atoms with Gasteiger partial charge in [0.2, 0.25) is 5.95 Å². The van der Waals surface area contributed by atoms with Crippen LogP contribution in [0.2, 0.25) is 0 Å². The first kappa shape index (κ1) is 28.4. The molecule has 1 atom stereocenters. The summed E-state index contributed by atoms with van der Waals surface area (Å²) in [4.78, 5) is 15.1. The molecular weight excluding hydrogens is 609 g/mol. The van der Waals surface area contributed by atoms with Crippen molar-refractivity contribution in [3.8, 4) is 51.0 Å². The summed E-state index contributed by atoms with van der Waals surface area (Å²) in [6, 6.07) is 62.2. The van der Waals surface area contributed by atoms with Crippen molar-refractivity contribution in [1.29, 1.82) is 0 Å². The Morgan fingerprint density at radius 2 is 0.940 bits per heavy atom. The SMILES string of the molecule is c1ccc(-c2nc(-c3ccccc3)nc(-n3c4ccccc4c4cc(-c5ccc6c(c5)-c5ccccc5C6c5ccccc5)ccc43)n2)cc1. The van der Waals surface area contributed by atoms with Gasteiger partial charge in [0.05, 0.1) is 11.0 Å². The minimum absolute atomic E-state index is 0.235. The molecule has 50 heavy (non-hydrogen) atoms. The highest BCUT2D eigenvalue weighted by Gasteiger charge is 2.30. The van der Waals surface area contributed by atoms with Crippen molar-refractivity contribution in [2.45, 2.75) is 5.92 Å². The first-order valence-electron chi connectivity index (χ1n) is 17.0. The second kappa shape index (κ2) is 11.5. The summed E-state index contributed by atoms with van der Waals surface area (Å²) in [6.45, 7) is 0. The lowest BCUT2D eigenvalue weighted by molar-refractivity contribution is 0.953. The van der Waals surface area contributed by atoms with E-state index in [1.165, 1.54) is 38.9 Å². The molecule has 2 aromatic heterocycles. The zero-order valence-electron chi connectivity index (χ0n) is 27.1. The molecule has 10 rings (SSSR count). The van der Waals surface area contributed by atoms with E-state index >= 15 is 0 Å². The molecule has 0 N–H and O–H groups in total. The Hall–Kier alpha value is -6.65. The van der Waals surface area contributed by atoms with Crippen LogP contribution in [-0.2, 0) is 0 Å². The predicted molar refractivity (Wildman–Crippen MR) is 203 cm³/mol. The maximum atomic E-state index is 5.09. The Kier molecular flexibility index (Phi) is 6.53. The van der Waals surface area contributed by atoms with E-state index in [1.807, 2.05) is 60.7 Å². The number of hydrogen-bond acceptors (Lipinski definition) is 3. The van der Waals surface area contributed by atoms with E-state index < -0.39 is 0 Å². The second-order valence-electron chi connectivity index (χ2n) is 12.8. The third-order valence-corrected chi connectivity index (χ3v) is 9.95. The fourth-order valence-corrected chi connectivity index (χ4v) is 7.65. The van der Waals surface area contributed by atoms with Crippen LogP contribution in [-0.4, -0.2) is 19.5 Å². The second-order valence-corrected chi connectivity index (χ2v) is 12.8. The first-order chi connectivity index (χ1) is 24.8. The van der Waals surface area contributed by atoms with Crippen LogP contribution < -0.4 is 0 Å². The van der Waals surface area contributed by atoms with Gasteiger partial charge >= 0.3 is 0 Å². The highest BCUT2D eigenvalue weighted by Crippen LogP contribution is 2.49. The molecule has 0 saturated heterocycles. The molecule has 0 bridgehead atoms. The zero-order chi connectivity index (χ0) is 33.0. The van der Waals surface area contributed by atoms with Crippen LogP contribution in [0.5, 0.6) is 0 Å². The summed E-state index contributed by atoms with van der Waals surface area (Å²) in [7, 11) is 0. The average molecular weight is 639 g/mol. The number of para-hydroxylation sites is 1. The predicted octanol–water partition coefficient (Wildman–Crippen LogP) is 11.1. The quantitative estimate of drug-likeness (QED) is 0.188. The van der Waals surface area contributed by atoms with Gasteiger partial charge in [-0.05, 0) is 63.2 Å². The van der Waals surface area contributed by atoms with Gasteiger partial charge < -0.3 is 0 Å². The number of benzene rings is 7. The largest absolute Gasteiger partial charge is 0.278 e. The topological polar surface area (TPSA) is 43.6 Å². The van der Waals surface area contributed by atoms with Gasteiger partial charge in [-0.3, -0.25) is 4.57 Å². The van der Waals surface area contributed by atoms with Gasteiger partial charge in [0, 0.05) is 27.8 Å². The van der Waals surface area contributed by atoms with E-state index in [9.17, 15) is 0 Å². The monoisotopic (exact) mass is 638 g/mol. The first-order valence-corrected chi connectivity index (χ1v) is 17.0. The molecule has 1 unspecified atom stereocenters. The van der Waals surface area contributed by atoms with Crippen LogP contribution in [0.25, 0.3) is 72.8 Å². The molecule has 0 fully saturated rings. The number of nitrogens with zero attached hydrogens (tertiary/aromatic N) is 4. The van der Waals surface area contributed by atoms with Gasteiger partial charge in [0.25, 0.3) is 0 Å². The van der Waals surface area contributed by atoms with Gasteiger partial charge in [-0.15, -0.1) is 0 Å². The lowest BCUT2D eigenvalue weighted by atomic mass is 9.89. The zero-order valence-corrected chi connectivity index (χ0v) is 27.1. The minimum Gasteiger partial charge on any atom is -0.278 e. The van der Waals surface area contributed by atoms with Crippen molar-refractivity contribution in [2.24, 2.45) is 0 Å². The van der Waals surface area contributed by atoms with Crippen molar-refractivity contribution in [1.82, 2.24) is 19.5 Å². The molecule has 234 valence electrons. The van der Waals surface area contributed by atoms with Crippen LogP contribution in [0.4, 0.5) is 0 Å². The smallest absolute Gasteiger partial charge is 0.238 e. The standard InChI is InChI=1S/C46H30N4/c1-4-14-30(15-5-1)43-37-22-11-10-20-35(37)39-28-33(24-26-38(39)43)34-25-27-42-40(29-34)36-21-12-13-23-41(36)50(42)46-48-44(31-16-6-2-7-17-31)47-45(49-46)32-18-8-3-9-19-32/h1-29,43H. The van der Waals surface area contributed by atoms with Gasteiger partial charge in [-0.25, -0.2) is 4.98 Å². The summed E-state index contributed by atoms with van der Waals surface area (Å²) >= 11 is 0. The molecule has 4 nitrogen and oxygen atoms in total. The third-order valence-electron chi connectivity index (χ3n) is 9.95. The van der Waals surface area contributed by atoms with Gasteiger partial charge in [-0.2, -0.15) is 9.97 Å². The molecule has 4 heteroatoms. The maximum Gasteiger partial charge on any atom is 0.238 e. The van der Waals surface area contributed by atoms with Crippen molar-refractivity contribution >= 4 is 21.8 Å². The Morgan fingerprint density at radius 3 is 1.68 bits per heavy atom. The summed E-state index contributed by atoms with van der Waals surface area (Å²) in [5.74, 6) is 2.12. The molecule has 2 heterocycles. The molecule has 7 aromatic carbocycles. The lowest BCUT2D eigenvalue weighted by Gasteiger charge is -2.14. The number of fused-ring (bicyclic) bond motifs is 6. The average Bonchev–Trinajstić information content (AvgIpc) is 3.71. The van der Waals surface area contributed by atoms with Crippen molar-refractivity contribution in [2.75, 3.05) is 0 Å². The van der Waals surface area contributed by atoms with Crippen LogP contribution in [0.1, 0.15) is 22.6 Å². The van der Waals surface area contributed by atoms with E-state index in [-0.39, 0.29) is 5.92 Å². The van der Waals surface area contributed by atoms with E-state index in [2.05, 4.69) is 120 Å². The Bertz CT molecular complexity index is 2640. The van der Waals surface area contributed by atoms with Gasteiger partial charge in [-0.1, -0.05) is 152 Å². The highest BCUT2D eigenvalue weighted by molar-refractivity contribution is 6.10. The molecule has 1 aliphatic rings. The number of aromatic nitrogens is 4. The van der Waals surface area contributed by atoms with Crippen LogP contribution in [0.3, 0.4) is 0 Å². The molecule has 9 aromatic rings. The van der Waals surface area contributed by atoms with Gasteiger partial charge in [0.1, 0.15) is 0 Å². The summed E-state index contributed by atoms with van der Waals surface area (Å²) in [6.07, 6.45) is 0. The normalized spacial score (nSPS) is 13.4. The van der Waals surface area contributed by atoms with Crippen molar-refractivity contribution in [3.05, 3.63) is 193 Å². The van der Waals surface area contributed by atoms with Crippen LogP contribution in [0.15, 0.2) is 176 Å². The lowest BCUT2D eigenvalue weighted by Crippen LogP contribution is -2.06. The van der Waals surface area contributed by atoms with E-state index in [1.54, 1.807) is 0 Å². The summed E-state index contributed by atoms with van der Waals surface area (Å²) < 4.78 is 2.18. The van der Waals surface area contributed by atoms with E-state index in [0.29, 0.717) is 17.6 Å². The third kappa shape index (κ3) is 4.57. The van der Waals surface area contributed by atoms with Gasteiger partial charge in [0.15, 0.2) is 11.6 Å². The molecule has 0 spiro atoms. The molecule has 0 saturated carbocycles. The van der Waals surface area contributed by atoms with Crippen LogP contribution in [0, 0.1) is 0 Å². The highest BCUT2D eigenvalue weighted by atomic mass is 15.2. The number of rotatable bonds is 5. The van der Waals surface area contributed by atoms with Crippen LogP contribution >= 0.6 is 0 Å². The van der Waals surface area contributed by atoms with E-state index in [4.69, 9.17) is 15.0 Å². The Balaban J connectivity index is 1.14. The fraction of sp³-hybridized carbons (Fsp3) is 0.0217. The summed E-state index contributed by atoms with van der Waals surface area (Å²) in [5, 5.41) is 2.31.